The second-order valence-electron chi connectivity index (χ2n) is 5.77. The molecule has 1 spiro atoms. The molecule has 2 bridgehead atoms. The summed E-state index contributed by atoms with van der Waals surface area (Å²) >= 11 is 0. The largest absolute Gasteiger partial charge is 0.337 e. The number of allylic oxidation sites excluding steroid dienone is 1. The molecule has 5 rings (SSSR count). The first-order valence-corrected chi connectivity index (χ1v) is 6.45. The summed E-state index contributed by atoms with van der Waals surface area (Å²) in [6.45, 7) is 4.22. The molecule has 0 aromatic rings. The third-order valence-electron chi connectivity index (χ3n) is 4.33. The Hall–Kier alpha value is -1.17. The number of quaternary nitrogens is 1. The highest BCUT2D eigenvalue weighted by atomic mass is 15.5. The van der Waals surface area contributed by atoms with E-state index in [1.54, 1.807) is 0 Å². The van der Waals surface area contributed by atoms with Gasteiger partial charge in [-0.1, -0.05) is 0 Å². The minimum absolute atomic E-state index is 0.561. The molecule has 5 heteroatoms. The lowest BCUT2D eigenvalue weighted by molar-refractivity contribution is -0.796. The number of hydrogen-bond donors (Lipinski definition) is 0. The average molecular weight is 240 g/mol. The zero-order valence-corrected chi connectivity index (χ0v) is 11.1. The number of hydrogen-bond acceptors (Lipinski definition) is 3. The molecule has 18 heavy (non-hydrogen) atoms. The molecule has 0 aliphatic carbocycles. The molecule has 1 saturated heterocycles. The van der Waals surface area contributed by atoms with E-state index < -0.39 is 0 Å². The Bertz CT molecular complexity index is 557. The second kappa shape index (κ2) is 3.23. The van der Waals surface area contributed by atoms with Crippen LogP contribution >= 0.6 is 0 Å². The maximum Gasteiger partial charge on any atom is 0.313 e. The van der Waals surface area contributed by atoms with E-state index in [-0.39, 0.29) is 0 Å². The van der Waals surface area contributed by atoms with Gasteiger partial charge in [-0.25, -0.2) is 4.48 Å². The topological polar surface area (TPSA) is 18.8 Å². The van der Waals surface area contributed by atoms with Crippen LogP contribution in [0.25, 0.3) is 0 Å². The van der Waals surface area contributed by atoms with Gasteiger partial charge in [-0.05, 0) is 27.1 Å². The van der Waals surface area contributed by atoms with Crippen molar-refractivity contribution in [3.8, 4) is 0 Å². The maximum atomic E-state index is 4.76. The van der Waals surface area contributed by atoms with Crippen molar-refractivity contribution in [3.63, 3.8) is 0 Å². The second-order valence-corrected chi connectivity index (χ2v) is 5.77. The summed E-state index contributed by atoms with van der Waals surface area (Å²) in [7, 11) is 6.36. The third kappa shape index (κ3) is 1.10. The Morgan fingerprint density at radius 2 is 2.28 bits per heavy atom. The molecule has 1 radical (unpaired) electrons. The van der Waals surface area contributed by atoms with Gasteiger partial charge < -0.3 is 9.62 Å². The molecular weight excluding hydrogens is 223 g/mol. The summed E-state index contributed by atoms with van der Waals surface area (Å²) in [6.07, 6.45) is 6.80. The van der Waals surface area contributed by atoms with E-state index in [4.69, 9.17) is 4.99 Å². The first-order chi connectivity index (χ1) is 8.61. The van der Waals surface area contributed by atoms with Crippen molar-refractivity contribution in [1.29, 1.82) is 0 Å². The molecule has 1 fully saturated rings. The number of nitrogens with zero attached hydrogens (tertiary/aromatic N) is 4. The van der Waals surface area contributed by atoms with Gasteiger partial charge >= 0.3 is 7.55 Å². The van der Waals surface area contributed by atoms with Crippen LogP contribution in [0.2, 0.25) is 0 Å². The Labute approximate surface area is 108 Å². The minimum atomic E-state index is 0.561. The van der Waals surface area contributed by atoms with Gasteiger partial charge in [0, 0.05) is 12.6 Å². The standard InChI is InChI=1S/C13H17BN4/c1-9-11-6-17(14-16(2)3)7-12-10-4-5-13(15-9)18(11,12)8-10/h4-5,8,12H,6-7H2,1-3H3/q+1. The van der Waals surface area contributed by atoms with E-state index in [1.165, 1.54) is 22.8 Å². The fraction of sp³-hybridized carbons (Fsp3) is 0.462. The summed E-state index contributed by atoms with van der Waals surface area (Å²) in [5, 5.41) is 0. The zero-order valence-electron chi connectivity index (χ0n) is 11.1. The van der Waals surface area contributed by atoms with Crippen molar-refractivity contribution in [2.75, 3.05) is 27.2 Å². The van der Waals surface area contributed by atoms with Gasteiger partial charge in [0.05, 0.1) is 12.1 Å². The lowest BCUT2D eigenvalue weighted by Crippen LogP contribution is -2.70. The highest BCUT2D eigenvalue weighted by Crippen LogP contribution is 2.49. The van der Waals surface area contributed by atoms with E-state index in [9.17, 15) is 0 Å². The van der Waals surface area contributed by atoms with Crippen molar-refractivity contribution in [2.24, 2.45) is 4.99 Å². The quantitative estimate of drug-likeness (QED) is 0.522. The monoisotopic (exact) mass is 240 g/mol. The number of rotatable bonds is 2. The third-order valence-corrected chi connectivity index (χ3v) is 4.33. The summed E-state index contributed by atoms with van der Waals surface area (Å²) in [5.41, 5.74) is 4.12. The molecule has 0 aromatic carbocycles. The van der Waals surface area contributed by atoms with Crippen LogP contribution in [0.3, 0.4) is 0 Å². The summed E-state index contributed by atoms with van der Waals surface area (Å²) in [6, 6.07) is 0.561. The molecule has 0 amide bonds. The smallest absolute Gasteiger partial charge is 0.313 e. The van der Waals surface area contributed by atoms with Crippen LogP contribution in [0.4, 0.5) is 0 Å². The Balaban J connectivity index is 1.74. The predicted molar refractivity (Wildman–Crippen MR) is 72.4 cm³/mol. The molecule has 5 aliphatic rings. The average Bonchev–Trinajstić information content (AvgIpc) is 2.60. The fourth-order valence-electron chi connectivity index (χ4n) is 3.63. The summed E-state index contributed by atoms with van der Waals surface area (Å²) in [4.78, 5) is 9.29. The fourth-order valence-corrected chi connectivity index (χ4v) is 3.63. The van der Waals surface area contributed by atoms with Gasteiger partial charge in [-0.3, -0.25) is 0 Å². The van der Waals surface area contributed by atoms with E-state index in [0.29, 0.717) is 6.04 Å². The Kier molecular flexibility index (Phi) is 1.93. The van der Waals surface area contributed by atoms with Crippen molar-refractivity contribution in [1.82, 2.24) is 9.62 Å². The van der Waals surface area contributed by atoms with Crippen molar-refractivity contribution < 1.29 is 4.48 Å². The van der Waals surface area contributed by atoms with Crippen molar-refractivity contribution >= 4 is 13.4 Å². The minimum Gasteiger partial charge on any atom is -0.337 e. The molecule has 5 heterocycles. The molecule has 2 unspecified atom stereocenters. The Morgan fingerprint density at radius 1 is 1.44 bits per heavy atom. The van der Waals surface area contributed by atoms with Crippen LogP contribution in [-0.4, -0.2) is 60.7 Å². The first-order valence-electron chi connectivity index (χ1n) is 6.45. The molecule has 91 valence electrons. The normalized spacial score (nSPS) is 36.3. The Morgan fingerprint density at radius 3 is 3.06 bits per heavy atom. The maximum absolute atomic E-state index is 4.76. The van der Waals surface area contributed by atoms with Crippen LogP contribution < -0.4 is 0 Å². The van der Waals surface area contributed by atoms with Crippen LogP contribution in [0.1, 0.15) is 6.92 Å². The van der Waals surface area contributed by atoms with Gasteiger partial charge in [-0.15, -0.1) is 0 Å². The molecule has 2 atom stereocenters. The van der Waals surface area contributed by atoms with E-state index in [1.807, 2.05) is 0 Å². The van der Waals surface area contributed by atoms with Gasteiger partial charge in [0.15, 0.2) is 5.70 Å². The molecule has 4 nitrogen and oxygen atoms in total. The van der Waals surface area contributed by atoms with E-state index in [0.717, 1.165) is 17.6 Å². The van der Waals surface area contributed by atoms with E-state index >= 15 is 0 Å². The van der Waals surface area contributed by atoms with Crippen LogP contribution in [0, 0.1) is 0 Å². The number of aliphatic imine (C=N–C) groups is 1. The molecule has 0 aromatic heterocycles. The van der Waals surface area contributed by atoms with Crippen LogP contribution in [0.15, 0.2) is 40.3 Å². The van der Waals surface area contributed by atoms with Gasteiger partial charge in [0.2, 0.25) is 5.84 Å². The lowest BCUT2D eigenvalue weighted by Gasteiger charge is -2.54. The highest BCUT2D eigenvalue weighted by Gasteiger charge is 2.61. The van der Waals surface area contributed by atoms with Crippen LogP contribution in [0.5, 0.6) is 0 Å². The summed E-state index contributed by atoms with van der Waals surface area (Å²) < 4.78 is 0.926. The highest BCUT2D eigenvalue weighted by molar-refractivity contribution is 6.28. The molecule has 0 N–H and O–H groups in total. The van der Waals surface area contributed by atoms with Gasteiger partial charge in [-0.2, -0.15) is 4.99 Å². The van der Waals surface area contributed by atoms with Gasteiger partial charge in [0.25, 0.3) is 0 Å². The zero-order chi connectivity index (χ0) is 12.5. The SMILES string of the molecule is CC1=C2CN([B]N(C)C)CC3C4=C[N+]23C(=N1)C=C4. The molecule has 5 aliphatic heterocycles. The van der Waals surface area contributed by atoms with E-state index in [2.05, 4.69) is 56.5 Å². The van der Waals surface area contributed by atoms with Crippen molar-refractivity contribution in [3.05, 3.63) is 35.3 Å². The lowest BCUT2D eigenvalue weighted by atomic mass is 9.84. The van der Waals surface area contributed by atoms with Gasteiger partial charge in [0.1, 0.15) is 17.9 Å². The van der Waals surface area contributed by atoms with Crippen LogP contribution in [-0.2, 0) is 0 Å². The predicted octanol–water partition coefficient (Wildman–Crippen LogP) is 0.694. The number of piperazine rings is 1. The molecular formula is C13H17BN4+. The first kappa shape index (κ1) is 10.7. The summed E-state index contributed by atoms with van der Waals surface area (Å²) in [5.74, 6) is 1.21. The molecule has 0 saturated carbocycles. The number of amidine groups is 1. The van der Waals surface area contributed by atoms with Crippen molar-refractivity contribution in [2.45, 2.75) is 13.0 Å².